The fraction of sp³-hybridized carbons (Fsp3) is 0.545. The summed E-state index contributed by atoms with van der Waals surface area (Å²) in [4.78, 5) is 23.4. The number of aromatic amines is 1. The van der Waals surface area contributed by atoms with Crippen molar-refractivity contribution in [3.63, 3.8) is 0 Å². The lowest BCUT2D eigenvalue weighted by atomic mass is 9.82. The van der Waals surface area contributed by atoms with Crippen molar-refractivity contribution in [2.75, 3.05) is 0 Å². The molecule has 2 bridgehead atoms. The van der Waals surface area contributed by atoms with E-state index in [-0.39, 0.29) is 24.3 Å². The number of hydrogen-bond donors (Lipinski definition) is 3. The first kappa shape index (κ1) is 11.8. The third-order valence-electron chi connectivity index (χ3n) is 3.86. The van der Waals surface area contributed by atoms with Crippen LogP contribution in [-0.4, -0.2) is 37.6 Å². The minimum atomic E-state index is -0.906. The molecule has 0 aliphatic heterocycles. The molecule has 4 atom stereocenters. The summed E-state index contributed by atoms with van der Waals surface area (Å²) in [5.74, 6) is -1.91. The third-order valence-corrected chi connectivity index (χ3v) is 3.86. The van der Waals surface area contributed by atoms with E-state index in [1.165, 1.54) is 0 Å². The number of amides is 1. The molecule has 8 nitrogen and oxygen atoms in total. The predicted molar refractivity (Wildman–Crippen MR) is 61.4 cm³/mol. The third kappa shape index (κ3) is 1.98. The predicted octanol–water partition coefficient (Wildman–Crippen LogP) is -0.661. The van der Waals surface area contributed by atoms with Crippen molar-refractivity contribution in [2.24, 2.45) is 23.7 Å². The number of carboxylic acids is 1. The normalized spacial score (nSPS) is 31.6. The smallest absolute Gasteiger partial charge is 0.307 e. The number of hydrogen-bond acceptors (Lipinski definition) is 5. The largest absolute Gasteiger partial charge is 0.481 e. The number of nitrogens with zero attached hydrogens (tertiary/aromatic N) is 3. The van der Waals surface area contributed by atoms with Gasteiger partial charge in [-0.3, -0.25) is 9.59 Å². The fourth-order valence-electron chi connectivity index (χ4n) is 3.06. The van der Waals surface area contributed by atoms with Gasteiger partial charge in [0.15, 0.2) is 5.82 Å². The zero-order valence-electron chi connectivity index (χ0n) is 9.98. The second kappa shape index (κ2) is 4.45. The Morgan fingerprint density at radius 3 is 2.74 bits per heavy atom. The molecule has 100 valence electrons. The van der Waals surface area contributed by atoms with Gasteiger partial charge in [-0.15, -0.1) is 10.2 Å². The van der Waals surface area contributed by atoms with Gasteiger partial charge in [0, 0.05) is 0 Å². The summed E-state index contributed by atoms with van der Waals surface area (Å²) in [5, 5.41) is 25.1. The molecule has 1 amide bonds. The molecular weight excluding hydrogens is 250 g/mol. The van der Waals surface area contributed by atoms with E-state index in [2.05, 4.69) is 25.9 Å². The Balaban J connectivity index is 1.68. The molecule has 0 radical (unpaired) electrons. The Morgan fingerprint density at radius 1 is 1.37 bits per heavy atom. The molecule has 3 N–H and O–H groups in total. The van der Waals surface area contributed by atoms with Gasteiger partial charge in [0.2, 0.25) is 5.91 Å². The monoisotopic (exact) mass is 263 g/mol. The highest BCUT2D eigenvalue weighted by molar-refractivity contribution is 5.86. The maximum atomic E-state index is 12.2. The van der Waals surface area contributed by atoms with Crippen LogP contribution in [0.5, 0.6) is 0 Å². The van der Waals surface area contributed by atoms with Crippen molar-refractivity contribution < 1.29 is 14.7 Å². The number of nitrogens with one attached hydrogen (secondary N) is 2. The van der Waals surface area contributed by atoms with E-state index in [4.69, 9.17) is 0 Å². The summed E-state index contributed by atoms with van der Waals surface area (Å²) in [7, 11) is 0. The summed E-state index contributed by atoms with van der Waals surface area (Å²) in [6.45, 7) is 0.152. The summed E-state index contributed by atoms with van der Waals surface area (Å²) >= 11 is 0. The second-order valence-corrected chi connectivity index (χ2v) is 4.88. The number of tetrazole rings is 1. The van der Waals surface area contributed by atoms with Crippen LogP contribution in [0.1, 0.15) is 12.2 Å². The average molecular weight is 263 g/mol. The Kier molecular flexibility index (Phi) is 2.77. The number of allylic oxidation sites excluding steroid dienone is 2. The minimum Gasteiger partial charge on any atom is -0.481 e. The molecule has 1 saturated carbocycles. The van der Waals surface area contributed by atoms with Crippen LogP contribution in [0.4, 0.5) is 0 Å². The average Bonchev–Trinajstić information content (AvgIpc) is 3.10. The number of carbonyl (C=O) groups excluding carboxylic acids is 1. The Labute approximate surface area is 108 Å². The number of carboxylic acid groups (broad SMARTS) is 1. The maximum absolute atomic E-state index is 12.2. The Hall–Kier alpha value is -2.25. The summed E-state index contributed by atoms with van der Waals surface area (Å²) in [6, 6.07) is 0. The second-order valence-electron chi connectivity index (χ2n) is 4.88. The van der Waals surface area contributed by atoms with Gasteiger partial charge in [-0.05, 0) is 18.3 Å². The first-order valence-corrected chi connectivity index (χ1v) is 6.08. The molecule has 0 saturated heterocycles. The standard InChI is InChI=1S/C11H13N5O3/c17-10(12-4-7-13-15-16-14-7)8-5-1-2-6(3-5)9(8)11(18)19/h1-2,5-6,8-9H,3-4H2,(H,12,17)(H,18,19)(H,13,14,15,16)/t5?,6?,8-,9+/m0/s1. The summed E-state index contributed by atoms with van der Waals surface area (Å²) in [5.41, 5.74) is 0. The molecule has 2 aliphatic rings. The van der Waals surface area contributed by atoms with Gasteiger partial charge in [0.05, 0.1) is 18.4 Å². The van der Waals surface area contributed by atoms with E-state index in [0.29, 0.717) is 5.82 Å². The molecule has 1 aromatic rings. The quantitative estimate of drug-likeness (QED) is 0.620. The lowest BCUT2D eigenvalue weighted by Crippen LogP contribution is -2.40. The number of H-pyrrole nitrogens is 1. The van der Waals surface area contributed by atoms with Gasteiger partial charge < -0.3 is 10.4 Å². The summed E-state index contributed by atoms with van der Waals surface area (Å²) in [6.07, 6.45) is 4.60. The molecule has 1 heterocycles. The number of rotatable bonds is 4. The van der Waals surface area contributed by atoms with Crippen molar-refractivity contribution in [2.45, 2.75) is 13.0 Å². The minimum absolute atomic E-state index is 0.0244. The van der Waals surface area contributed by atoms with Crippen molar-refractivity contribution in [3.8, 4) is 0 Å². The van der Waals surface area contributed by atoms with Crippen molar-refractivity contribution in [3.05, 3.63) is 18.0 Å². The highest BCUT2D eigenvalue weighted by Gasteiger charge is 2.51. The van der Waals surface area contributed by atoms with Gasteiger partial charge in [-0.2, -0.15) is 5.21 Å². The van der Waals surface area contributed by atoms with Gasteiger partial charge in [0.25, 0.3) is 0 Å². The number of aliphatic carboxylic acids is 1. The Morgan fingerprint density at radius 2 is 2.11 bits per heavy atom. The maximum Gasteiger partial charge on any atom is 0.307 e. The van der Waals surface area contributed by atoms with Gasteiger partial charge in [-0.1, -0.05) is 17.4 Å². The summed E-state index contributed by atoms with van der Waals surface area (Å²) < 4.78 is 0. The number of fused-ring (bicyclic) bond motifs is 2. The molecular formula is C11H13N5O3. The molecule has 8 heteroatoms. The van der Waals surface area contributed by atoms with Crippen LogP contribution in [0.3, 0.4) is 0 Å². The van der Waals surface area contributed by atoms with E-state index < -0.39 is 17.8 Å². The number of aromatic nitrogens is 4. The fourth-order valence-corrected chi connectivity index (χ4v) is 3.06. The highest BCUT2D eigenvalue weighted by atomic mass is 16.4. The SMILES string of the molecule is O=C(O)[C@@H]1C2C=CC(C2)[C@@H]1C(=O)NCc1nn[nH]n1. The zero-order valence-corrected chi connectivity index (χ0v) is 9.98. The van der Waals surface area contributed by atoms with Crippen molar-refractivity contribution in [1.29, 1.82) is 0 Å². The van der Waals surface area contributed by atoms with E-state index in [1.54, 1.807) is 0 Å². The Bertz CT molecular complexity index is 526. The molecule has 19 heavy (non-hydrogen) atoms. The van der Waals surface area contributed by atoms with Crippen LogP contribution in [0, 0.1) is 23.7 Å². The van der Waals surface area contributed by atoms with Crippen LogP contribution in [0.25, 0.3) is 0 Å². The van der Waals surface area contributed by atoms with Crippen LogP contribution in [-0.2, 0) is 16.1 Å². The molecule has 1 aromatic heterocycles. The lowest BCUT2D eigenvalue weighted by molar-refractivity contribution is -0.147. The lowest BCUT2D eigenvalue weighted by Gasteiger charge is -2.23. The van der Waals surface area contributed by atoms with Gasteiger partial charge in [0.1, 0.15) is 0 Å². The van der Waals surface area contributed by atoms with E-state index in [0.717, 1.165) is 6.42 Å². The zero-order chi connectivity index (χ0) is 13.4. The van der Waals surface area contributed by atoms with Crippen LogP contribution in [0.2, 0.25) is 0 Å². The first-order valence-electron chi connectivity index (χ1n) is 6.08. The van der Waals surface area contributed by atoms with Crippen molar-refractivity contribution in [1.82, 2.24) is 25.9 Å². The van der Waals surface area contributed by atoms with E-state index in [9.17, 15) is 14.7 Å². The van der Waals surface area contributed by atoms with Crippen LogP contribution < -0.4 is 5.32 Å². The molecule has 0 aromatic carbocycles. The van der Waals surface area contributed by atoms with Crippen LogP contribution in [0.15, 0.2) is 12.2 Å². The number of carbonyl (C=O) groups is 2. The topological polar surface area (TPSA) is 121 Å². The molecule has 2 aliphatic carbocycles. The molecule has 3 rings (SSSR count). The molecule has 2 unspecified atom stereocenters. The van der Waals surface area contributed by atoms with E-state index >= 15 is 0 Å². The highest BCUT2D eigenvalue weighted by Crippen LogP contribution is 2.48. The first-order chi connectivity index (χ1) is 9.16. The van der Waals surface area contributed by atoms with Crippen molar-refractivity contribution >= 4 is 11.9 Å². The van der Waals surface area contributed by atoms with Crippen LogP contribution >= 0.6 is 0 Å². The van der Waals surface area contributed by atoms with Gasteiger partial charge in [-0.25, -0.2) is 0 Å². The van der Waals surface area contributed by atoms with E-state index in [1.807, 2.05) is 12.2 Å². The molecule has 1 fully saturated rings. The molecule has 0 spiro atoms. The van der Waals surface area contributed by atoms with Gasteiger partial charge >= 0.3 is 5.97 Å².